The third-order valence-electron chi connectivity index (χ3n) is 3.75. The van der Waals surface area contributed by atoms with Gasteiger partial charge in [-0.1, -0.05) is 12.1 Å². The normalized spacial score (nSPS) is 13.7. The van der Waals surface area contributed by atoms with E-state index in [4.69, 9.17) is 4.74 Å². The highest BCUT2D eigenvalue weighted by atomic mass is 19.3. The molecule has 1 heterocycles. The molecule has 23 heavy (non-hydrogen) atoms. The van der Waals surface area contributed by atoms with Crippen molar-refractivity contribution in [1.82, 2.24) is 10.2 Å². The van der Waals surface area contributed by atoms with Crippen molar-refractivity contribution in [3.05, 3.63) is 46.6 Å². The zero-order chi connectivity index (χ0) is 16.4. The van der Waals surface area contributed by atoms with E-state index in [1.165, 1.54) is 18.2 Å². The van der Waals surface area contributed by atoms with Crippen LogP contribution in [0.4, 0.5) is 8.78 Å². The number of aromatic nitrogens is 2. The van der Waals surface area contributed by atoms with Crippen molar-refractivity contribution in [1.29, 1.82) is 0 Å². The standard InChI is InChI=1S/C16H14F2N2O3/c17-14(18)9-4-3-5-10(8-9)23-15-13(16(21)22)11-6-1-2-7-12(11)19-20-15/h3-5,8,14H,1-2,6-7H2,(H,21,22). The number of carboxylic acids is 1. The van der Waals surface area contributed by atoms with Crippen LogP contribution in [-0.4, -0.2) is 21.3 Å². The molecule has 0 radical (unpaired) electrons. The number of benzene rings is 1. The third-order valence-corrected chi connectivity index (χ3v) is 3.75. The molecule has 7 heteroatoms. The summed E-state index contributed by atoms with van der Waals surface area (Å²) >= 11 is 0. The predicted molar refractivity (Wildman–Crippen MR) is 77.1 cm³/mol. The van der Waals surface area contributed by atoms with Crippen molar-refractivity contribution >= 4 is 5.97 Å². The molecule has 0 amide bonds. The zero-order valence-electron chi connectivity index (χ0n) is 12.1. The fraction of sp³-hybridized carbons (Fsp3) is 0.312. The second kappa shape index (κ2) is 6.28. The van der Waals surface area contributed by atoms with Crippen molar-refractivity contribution in [2.24, 2.45) is 0 Å². The van der Waals surface area contributed by atoms with Gasteiger partial charge in [-0.15, -0.1) is 5.10 Å². The van der Waals surface area contributed by atoms with Crippen LogP contribution >= 0.6 is 0 Å². The first-order valence-electron chi connectivity index (χ1n) is 7.24. The Kier molecular flexibility index (Phi) is 4.18. The number of fused-ring (bicyclic) bond motifs is 1. The number of hydrogen-bond acceptors (Lipinski definition) is 4. The molecule has 0 aliphatic heterocycles. The molecule has 1 aliphatic carbocycles. The van der Waals surface area contributed by atoms with Crippen molar-refractivity contribution in [3.8, 4) is 11.6 Å². The van der Waals surface area contributed by atoms with E-state index in [2.05, 4.69) is 10.2 Å². The van der Waals surface area contributed by atoms with Crippen molar-refractivity contribution in [2.75, 3.05) is 0 Å². The third kappa shape index (κ3) is 3.13. The van der Waals surface area contributed by atoms with Crippen LogP contribution in [0.25, 0.3) is 0 Å². The monoisotopic (exact) mass is 320 g/mol. The Balaban J connectivity index is 2.00. The Labute approximate surface area is 130 Å². The van der Waals surface area contributed by atoms with Crippen LogP contribution in [0.2, 0.25) is 0 Å². The maximum Gasteiger partial charge on any atom is 0.341 e. The van der Waals surface area contributed by atoms with Gasteiger partial charge >= 0.3 is 5.97 Å². The lowest BCUT2D eigenvalue weighted by atomic mass is 9.93. The van der Waals surface area contributed by atoms with Crippen molar-refractivity contribution < 1.29 is 23.4 Å². The Hall–Kier alpha value is -2.57. The number of alkyl halides is 2. The van der Waals surface area contributed by atoms with Gasteiger partial charge in [0.1, 0.15) is 11.3 Å². The van der Waals surface area contributed by atoms with Crippen LogP contribution in [0.5, 0.6) is 11.6 Å². The molecule has 0 fully saturated rings. The molecule has 0 saturated heterocycles. The zero-order valence-corrected chi connectivity index (χ0v) is 12.1. The summed E-state index contributed by atoms with van der Waals surface area (Å²) in [6.07, 6.45) is 0.465. The SMILES string of the molecule is O=C(O)c1c(Oc2cccc(C(F)F)c2)nnc2c1CCCC2. The van der Waals surface area contributed by atoms with E-state index in [1.807, 2.05) is 0 Å². The predicted octanol–water partition coefficient (Wildman–Crippen LogP) is 3.78. The van der Waals surface area contributed by atoms with Crippen LogP contribution in [0.15, 0.2) is 24.3 Å². The molecule has 0 saturated carbocycles. The largest absolute Gasteiger partial charge is 0.477 e. The summed E-state index contributed by atoms with van der Waals surface area (Å²) < 4.78 is 30.9. The van der Waals surface area contributed by atoms with Crippen LogP contribution in [0.1, 0.15) is 46.4 Å². The molecule has 1 N–H and O–H groups in total. The first-order chi connectivity index (χ1) is 11.1. The molecule has 120 valence electrons. The van der Waals surface area contributed by atoms with Gasteiger partial charge in [-0.05, 0) is 43.4 Å². The minimum Gasteiger partial charge on any atom is -0.477 e. The molecule has 0 unspecified atom stereocenters. The molecule has 0 atom stereocenters. The number of ether oxygens (including phenoxy) is 1. The van der Waals surface area contributed by atoms with E-state index in [1.54, 1.807) is 0 Å². The van der Waals surface area contributed by atoms with E-state index in [-0.39, 0.29) is 22.8 Å². The van der Waals surface area contributed by atoms with Crippen molar-refractivity contribution in [3.63, 3.8) is 0 Å². The number of rotatable bonds is 4. The van der Waals surface area contributed by atoms with Crippen molar-refractivity contribution in [2.45, 2.75) is 32.1 Å². The second-order valence-corrected chi connectivity index (χ2v) is 5.29. The van der Waals surface area contributed by atoms with Gasteiger partial charge in [0, 0.05) is 5.56 Å². The average molecular weight is 320 g/mol. The first-order valence-corrected chi connectivity index (χ1v) is 7.24. The lowest BCUT2D eigenvalue weighted by molar-refractivity contribution is 0.0691. The molecule has 1 aliphatic rings. The van der Waals surface area contributed by atoms with Crippen LogP contribution < -0.4 is 4.74 Å². The smallest absolute Gasteiger partial charge is 0.341 e. The summed E-state index contributed by atoms with van der Waals surface area (Å²) in [7, 11) is 0. The van der Waals surface area contributed by atoms with Gasteiger partial charge in [-0.3, -0.25) is 0 Å². The number of carbonyl (C=O) groups is 1. The molecular weight excluding hydrogens is 306 g/mol. The summed E-state index contributed by atoms with van der Waals surface area (Å²) in [5, 5.41) is 17.3. The second-order valence-electron chi connectivity index (χ2n) is 5.29. The molecule has 5 nitrogen and oxygen atoms in total. The number of hydrogen-bond donors (Lipinski definition) is 1. The molecule has 3 rings (SSSR count). The minimum atomic E-state index is -2.63. The number of carboxylic acid groups (broad SMARTS) is 1. The van der Waals surface area contributed by atoms with Gasteiger partial charge in [0.15, 0.2) is 0 Å². The fourth-order valence-electron chi connectivity index (χ4n) is 2.67. The summed E-state index contributed by atoms with van der Waals surface area (Å²) in [5.74, 6) is -1.21. The summed E-state index contributed by atoms with van der Waals surface area (Å²) in [4.78, 5) is 11.6. The molecular formula is C16H14F2N2O3. The maximum atomic E-state index is 12.7. The topological polar surface area (TPSA) is 72.3 Å². The Morgan fingerprint density at radius 2 is 2.00 bits per heavy atom. The maximum absolute atomic E-state index is 12.7. The minimum absolute atomic E-state index is 0.0304. The highest BCUT2D eigenvalue weighted by Gasteiger charge is 2.25. The first kappa shape index (κ1) is 15.3. The lowest BCUT2D eigenvalue weighted by Crippen LogP contribution is -2.15. The van der Waals surface area contributed by atoms with E-state index in [0.717, 1.165) is 18.9 Å². The highest BCUT2D eigenvalue weighted by molar-refractivity contribution is 5.92. The van der Waals surface area contributed by atoms with E-state index in [9.17, 15) is 18.7 Å². The van der Waals surface area contributed by atoms with Crippen LogP contribution in [0.3, 0.4) is 0 Å². The number of halogens is 2. The van der Waals surface area contributed by atoms with Gasteiger partial charge in [0.25, 0.3) is 12.3 Å². The number of nitrogens with zero attached hydrogens (tertiary/aromatic N) is 2. The Bertz CT molecular complexity index is 750. The van der Waals surface area contributed by atoms with E-state index >= 15 is 0 Å². The Morgan fingerprint density at radius 1 is 1.22 bits per heavy atom. The van der Waals surface area contributed by atoms with Crippen LogP contribution in [0, 0.1) is 0 Å². The average Bonchev–Trinajstić information content (AvgIpc) is 2.54. The molecule has 1 aromatic carbocycles. The van der Waals surface area contributed by atoms with E-state index in [0.29, 0.717) is 24.1 Å². The molecule has 0 bridgehead atoms. The molecule has 1 aromatic heterocycles. The van der Waals surface area contributed by atoms with Gasteiger partial charge < -0.3 is 9.84 Å². The van der Waals surface area contributed by atoms with Gasteiger partial charge in [-0.25, -0.2) is 13.6 Å². The summed E-state index contributed by atoms with van der Waals surface area (Å²) in [6, 6.07) is 5.33. The highest BCUT2D eigenvalue weighted by Crippen LogP contribution is 2.31. The summed E-state index contributed by atoms with van der Waals surface area (Å²) in [5.41, 5.74) is 1.06. The molecule has 2 aromatic rings. The van der Waals surface area contributed by atoms with Gasteiger partial charge in [0.2, 0.25) is 0 Å². The molecule has 0 spiro atoms. The quantitative estimate of drug-likeness (QED) is 0.928. The van der Waals surface area contributed by atoms with E-state index < -0.39 is 12.4 Å². The lowest BCUT2D eigenvalue weighted by Gasteiger charge is -2.18. The Morgan fingerprint density at radius 3 is 2.74 bits per heavy atom. The summed E-state index contributed by atoms with van der Waals surface area (Å²) in [6.45, 7) is 0. The van der Waals surface area contributed by atoms with Gasteiger partial charge in [-0.2, -0.15) is 5.10 Å². The number of aryl methyl sites for hydroxylation is 1. The fourth-order valence-corrected chi connectivity index (χ4v) is 2.67. The van der Waals surface area contributed by atoms with Crippen LogP contribution in [-0.2, 0) is 12.8 Å². The number of aromatic carboxylic acids is 1. The van der Waals surface area contributed by atoms with Gasteiger partial charge in [0.05, 0.1) is 5.69 Å².